The second-order valence-electron chi connectivity index (χ2n) is 6.02. The van der Waals surface area contributed by atoms with Gasteiger partial charge in [0.1, 0.15) is 7.85 Å². The standard InChI is InChI=1S/C15H25B/c1-6-14(3,4)12-10-8-9-11-13(12)15(5,16)7-2/h8-11H,6-7,16H2,1-5H3. The average Bonchev–Trinajstić information content (AvgIpc) is 2.29. The molecule has 0 saturated heterocycles. The molecule has 0 aliphatic carbocycles. The molecular formula is C15H25B. The SMILES string of the molecule is BC(C)(CC)c1ccccc1C(C)(C)CC. The topological polar surface area (TPSA) is 0 Å². The molecule has 0 aliphatic heterocycles. The van der Waals surface area contributed by atoms with Crippen LogP contribution in [0.5, 0.6) is 0 Å². The van der Waals surface area contributed by atoms with Gasteiger partial charge in [-0.25, -0.2) is 0 Å². The molecule has 0 bridgehead atoms. The summed E-state index contributed by atoms with van der Waals surface area (Å²) in [4.78, 5) is 0. The molecule has 0 spiro atoms. The quantitative estimate of drug-likeness (QED) is 0.674. The molecule has 0 aromatic heterocycles. The second kappa shape index (κ2) is 4.65. The molecule has 0 amide bonds. The van der Waals surface area contributed by atoms with E-state index in [1.807, 2.05) is 0 Å². The molecule has 1 rings (SSSR count). The Morgan fingerprint density at radius 2 is 1.44 bits per heavy atom. The lowest BCUT2D eigenvalue weighted by Gasteiger charge is -2.33. The molecular weight excluding hydrogens is 191 g/mol. The zero-order valence-corrected chi connectivity index (χ0v) is 11.7. The van der Waals surface area contributed by atoms with Gasteiger partial charge in [0.25, 0.3) is 0 Å². The monoisotopic (exact) mass is 216 g/mol. The maximum absolute atomic E-state index is 2.34. The Balaban J connectivity index is 3.31. The van der Waals surface area contributed by atoms with Crippen LogP contribution in [0.3, 0.4) is 0 Å². The van der Waals surface area contributed by atoms with Gasteiger partial charge in [0.15, 0.2) is 0 Å². The summed E-state index contributed by atoms with van der Waals surface area (Å²) in [6.07, 6.45) is 2.37. The molecule has 0 aliphatic rings. The minimum atomic E-state index is 0.281. The summed E-state index contributed by atoms with van der Waals surface area (Å²) < 4.78 is 0. The van der Waals surface area contributed by atoms with Crippen molar-refractivity contribution in [1.82, 2.24) is 0 Å². The Morgan fingerprint density at radius 3 is 1.88 bits per heavy atom. The first-order valence-corrected chi connectivity index (χ1v) is 6.45. The highest BCUT2D eigenvalue weighted by molar-refractivity contribution is 6.15. The van der Waals surface area contributed by atoms with Crippen molar-refractivity contribution in [1.29, 1.82) is 0 Å². The molecule has 1 heteroatoms. The third-order valence-corrected chi connectivity index (χ3v) is 4.15. The van der Waals surface area contributed by atoms with Gasteiger partial charge < -0.3 is 0 Å². The maximum Gasteiger partial charge on any atom is 0.114 e. The van der Waals surface area contributed by atoms with E-state index in [1.54, 1.807) is 0 Å². The van der Waals surface area contributed by atoms with Crippen molar-refractivity contribution in [2.24, 2.45) is 0 Å². The van der Waals surface area contributed by atoms with E-state index in [4.69, 9.17) is 0 Å². The summed E-state index contributed by atoms with van der Waals surface area (Å²) >= 11 is 0. The van der Waals surface area contributed by atoms with Gasteiger partial charge in [-0.15, -0.1) is 0 Å². The Hall–Kier alpha value is -0.715. The highest BCUT2D eigenvalue weighted by Gasteiger charge is 2.27. The molecule has 1 unspecified atom stereocenters. The van der Waals surface area contributed by atoms with E-state index >= 15 is 0 Å². The highest BCUT2D eigenvalue weighted by atomic mass is 14.3. The van der Waals surface area contributed by atoms with Crippen molar-refractivity contribution in [2.45, 2.75) is 58.2 Å². The molecule has 0 N–H and O–H groups in total. The van der Waals surface area contributed by atoms with Crippen LogP contribution in [0.25, 0.3) is 0 Å². The van der Waals surface area contributed by atoms with E-state index in [0.29, 0.717) is 0 Å². The van der Waals surface area contributed by atoms with E-state index in [0.717, 1.165) is 0 Å². The lowest BCUT2D eigenvalue weighted by molar-refractivity contribution is 0.489. The predicted molar refractivity (Wildman–Crippen MR) is 75.9 cm³/mol. The molecule has 1 aromatic carbocycles. The van der Waals surface area contributed by atoms with Crippen molar-refractivity contribution in [3.8, 4) is 0 Å². The molecule has 1 atom stereocenters. The van der Waals surface area contributed by atoms with Gasteiger partial charge in [-0.1, -0.05) is 65.3 Å². The fourth-order valence-corrected chi connectivity index (χ4v) is 2.04. The lowest BCUT2D eigenvalue weighted by atomic mass is 9.60. The van der Waals surface area contributed by atoms with Gasteiger partial charge in [-0.05, 0) is 28.3 Å². The van der Waals surface area contributed by atoms with E-state index in [9.17, 15) is 0 Å². The molecule has 16 heavy (non-hydrogen) atoms. The van der Waals surface area contributed by atoms with Gasteiger partial charge >= 0.3 is 0 Å². The molecule has 0 saturated carbocycles. The minimum absolute atomic E-state index is 0.281. The Bertz CT molecular complexity index is 315. The summed E-state index contributed by atoms with van der Waals surface area (Å²) in [7, 11) is 2.34. The zero-order valence-electron chi connectivity index (χ0n) is 11.7. The van der Waals surface area contributed by atoms with Crippen LogP contribution in [0.15, 0.2) is 24.3 Å². The molecule has 1 aromatic rings. The Morgan fingerprint density at radius 1 is 0.938 bits per heavy atom. The molecule has 0 heterocycles. The molecule has 0 fully saturated rings. The van der Waals surface area contributed by atoms with Crippen molar-refractivity contribution in [3.05, 3.63) is 35.4 Å². The smallest absolute Gasteiger partial charge is 0.0652 e. The largest absolute Gasteiger partial charge is 0.114 e. The summed E-state index contributed by atoms with van der Waals surface area (Å²) in [5.74, 6) is 0. The Kier molecular flexibility index (Phi) is 3.88. The van der Waals surface area contributed by atoms with Crippen molar-refractivity contribution < 1.29 is 0 Å². The molecule has 0 radical (unpaired) electrons. The first-order valence-electron chi connectivity index (χ1n) is 6.45. The van der Waals surface area contributed by atoms with E-state index < -0.39 is 0 Å². The lowest BCUT2D eigenvalue weighted by Crippen LogP contribution is -2.27. The van der Waals surface area contributed by atoms with E-state index in [2.05, 4.69) is 66.7 Å². The zero-order chi connectivity index (χ0) is 12.4. The summed E-state index contributed by atoms with van der Waals surface area (Å²) in [6, 6.07) is 8.94. The number of benzene rings is 1. The summed E-state index contributed by atoms with van der Waals surface area (Å²) in [5, 5.41) is 0.281. The molecule has 0 nitrogen and oxygen atoms in total. The fraction of sp³-hybridized carbons (Fsp3) is 0.600. The van der Waals surface area contributed by atoms with Gasteiger partial charge in [0.05, 0.1) is 0 Å². The van der Waals surface area contributed by atoms with Crippen LogP contribution in [-0.4, -0.2) is 7.85 Å². The first kappa shape index (κ1) is 13.4. The fourth-order valence-electron chi connectivity index (χ4n) is 2.04. The van der Waals surface area contributed by atoms with Crippen LogP contribution >= 0.6 is 0 Å². The first-order chi connectivity index (χ1) is 7.35. The minimum Gasteiger partial charge on any atom is -0.0652 e. The highest BCUT2D eigenvalue weighted by Crippen LogP contribution is 2.35. The van der Waals surface area contributed by atoms with Crippen molar-refractivity contribution >= 4 is 7.85 Å². The van der Waals surface area contributed by atoms with Crippen LogP contribution < -0.4 is 0 Å². The van der Waals surface area contributed by atoms with E-state index in [-0.39, 0.29) is 10.7 Å². The number of rotatable bonds is 4. The van der Waals surface area contributed by atoms with Gasteiger partial charge in [0, 0.05) is 0 Å². The maximum atomic E-state index is 2.34. The van der Waals surface area contributed by atoms with Crippen LogP contribution in [-0.2, 0) is 10.7 Å². The number of hydrogen-bond acceptors (Lipinski definition) is 0. The number of hydrogen-bond donors (Lipinski definition) is 0. The summed E-state index contributed by atoms with van der Waals surface area (Å²) in [5.41, 5.74) is 3.32. The molecule has 88 valence electrons. The van der Waals surface area contributed by atoms with Crippen molar-refractivity contribution in [3.63, 3.8) is 0 Å². The third-order valence-electron chi connectivity index (χ3n) is 4.15. The van der Waals surface area contributed by atoms with Gasteiger partial charge in [-0.2, -0.15) is 0 Å². The Labute approximate surface area is 102 Å². The second-order valence-corrected chi connectivity index (χ2v) is 6.02. The average molecular weight is 216 g/mol. The van der Waals surface area contributed by atoms with Crippen LogP contribution in [0.1, 0.15) is 58.6 Å². The van der Waals surface area contributed by atoms with Gasteiger partial charge in [0.2, 0.25) is 0 Å². The van der Waals surface area contributed by atoms with Crippen LogP contribution in [0, 0.1) is 0 Å². The van der Waals surface area contributed by atoms with Crippen LogP contribution in [0.2, 0.25) is 0 Å². The van der Waals surface area contributed by atoms with Crippen LogP contribution in [0.4, 0.5) is 0 Å². The normalized spacial score (nSPS) is 15.8. The van der Waals surface area contributed by atoms with Crippen molar-refractivity contribution in [2.75, 3.05) is 0 Å². The van der Waals surface area contributed by atoms with E-state index in [1.165, 1.54) is 24.0 Å². The third kappa shape index (κ3) is 2.51. The van der Waals surface area contributed by atoms with Gasteiger partial charge in [-0.3, -0.25) is 0 Å². The predicted octanol–water partition coefficient (Wildman–Crippen LogP) is 3.63. The summed E-state index contributed by atoms with van der Waals surface area (Å²) in [6.45, 7) is 11.6.